The predicted octanol–water partition coefficient (Wildman–Crippen LogP) is 4.49. The summed E-state index contributed by atoms with van der Waals surface area (Å²) in [5.41, 5.74) is 1.16. The van der Waals surface area contributed by atoms with E-state index in [1.165, 1.54) is 0 Å². The highest BCUT2D eigenvalue weighted by Gasteiger charge is 2.31. The first kappa shape index (κ1) is 25.3. The molecule has 1 fully saturated rings. The molecule has 2 aromatic rings. The molecule has 182 valence electrons. The maximum absolute atomic E-state index is 13.3. The molecule has 0 saturated carbocycles. The van der Waals surface area contributed by atoms with Gasteiger partial charge < -0.3 is 20.3 Å². The second kappa shape index (κ2) is 12.2. The molecule has 34 heavy (non-hydrogen) atoms. The third kappa shape index (κ3) is 6.37. The number of nitrogens with one attached hydrogen (secondary N) is 2. The lowest BCUT2D eigenvalue weighted by molar-refractivity contribution is -0.134. The molecule has 1 heterocycles. The lowest BCUT2D eigenvalue weighted by atomic mass is 9.97. The van der Waals surface area contributed by atoms with E-state index < -0.39 is 6.04 Å². The summed E-state index contributed by atoms with van der Waals surface area (Å²) in [4.78, 5) is 41.3. The van der Waals surface area contributed by atoms with Crippen LogP contribution in [0.2, 0.25) is 0 Å². The number of ether oxygens (including phenoxy) is 1. The molecule has 7 nitrogen and oxygen atoms in total. The molecule has 7 heteroatoms. The Hall–Kier alpha value is -3.35. The van der Waals surface area contributed by atoms with Crippen LogP contribution in [0.25, 0.3) is 0 Å². The number of anilines is 1. The largest absolute Gasteiger partial charge is 0.497 e. The van der Waals surface area contributed by atoms with Gasteiger partial charge >= 0.3 is 0 Å². The fourth-order valence-corrected chi connectivity index (χ4v) is 4.12. The number of methoxy groups -OCH3 is 1. The van der Waals surface area contributed by atoms with Crippen molar-refractivity contribution in [3.8, 4) is 5.75 Å². The average Bonchev–Trinajstić information content (AvgIpc) is 3.16. The number of amides is 3. The molecule has 3 rings (SSSR count). The fourth-order valence-electron chi connectivity index (χ4n) is 4.12. The van der Waals surface area contributed by atoms with Gasteiger partial charge in [0.2, 0.25) is 5.91 Å². The molecule has 0 spiro atoms. The van der Waals surface area contributed by atoms with Crippen LogP contribution in [-0.4, -0.2) is 48.9 Å². The number of benzene rings is 2. The van der Waals surface area contributed by atoms with Gasteiger partial charge in [-0.1, -0.05) is 45.2 Å². The van der Waals surface area contributed by atoms with E-state index in [-0.39, 0.29) is 23.6 Å². The van der Waals surface area contributed by atoms with Gasteiger partial charge in [-0.2, -0.15) is 0 Å². The van der Waals surface area contributed by atoms with Crippen LogP contribution in [0.1, 0.15) is 66.7 Å². The number of hydrogen-bond acceptors (Lipinski definition) is 4. The molecule has 0 aromatic heterocycles. The standard InChI is InChI=1S/C27H35N3O4/c1-4-19(2)24(27(33)30-17-9-5-6-10-18-30)29-26(32)22-11-7-8-12-23(22)28-25(31)20-13-15-21(34-3)16-14-20/h7-8,11-16,19,24H,4-6,9-10,17-18H2,1-3H3,(H,28,31)(H,29,32)/t19-,24-/m1/s1. The van der Waals surface area contributed by atoms with Crippen LogP contribution in [0.15, 0.2) is 48.5 Å². The second-order valence-corrected chi connectivity index (χ2v) is 8.80. The van der Waals surface area contributed by atoms with Crippen LogP contribution in [0.3, 0.4) is 0 Å². The van der Waals surface area contributed by atoms with Crippen molar-refractivity contribution in [2.24, 2.45) is 5.92 Å². The minimum Gasteiger partial charge on any atom is -0.497 e. The van der Waals surface area contributed by atoms with E-state index in [9.17, 15) is 14.4 Å². The molecule has 1 aliphatic heterocycles. The second-order valence-electron chi connectivity index (χ2n) is 8.80. The Labute approximate surface area is 201 Å². The smallest absolute Gasteiger partial charge is 0.255 e. The summed E-state index contributed by atoms with van der Waals surface area (Å²) < 4.78 is 5.14. The number of rotatable bonds is 8. The summed E-state index contributed by atoms with van der Waals surface area (Å²) in [5, 5.41) is 5.80. The van der Waals surface area contributed by atoms with Gasteiger partial charge in [-0.3, -0.25) is 14.4 Å². The van der Waals surface area contributed by atoms with E-state index in [0.717, 1.165) is 45.2 Å². The molecule has 2 N–H and O–H groups in total. The molecular weight excluding hydrogens is 430 g/mol. The monoisotopic (exact) mass is 465 g/mol. The van der Waals surface area contributed by atoms with Crippen LogP contribution in [-0.2, 0) is 4.79 Å². The zero-order valence-corrected chi connectivity index (χ0v) is 20.3. The summed E-state index contributed by atoms with van der Waals surface area (Å²) in [7, 11) is 1.56. The van der Waals surface area contributed by atoms with Crippen molar-refractivity contribution in [1.82, 2.24) is 10.2 Å². The van der Waals surface area contributed by atoms with Gasteiger partial charge in [-0.05, 0) is 55.2 Å². The normalized spacial score (nSPS) is 15.6. The quantitative estimate of drug-likeness (QED) is 0.601. The van der Waals surface area contributed by atoms with Crippen molar-refractivity contribution in [3.05, 3.63) is 59.7 Å². The number of nitrogens with zero attached hydrogens (tertiary/aromatic N) is 1. The van der Waals surface area contributed by atoms with Crippen molar-refractivity contribution < 1.29 is 19.1 Å². The van der Waals surface area contributed by atoms with Gasteiger partial charge in [0.05, 0.1) is 18.4 Å². The van der Waals surface area contributed by atoms with Crippen molar-refractivity contribution in [3.63, 3.8) is 0 Å². The Morgan fingerprint density at radius 2 is 1.59 bits per heavy atom. The molecular formula is C27H35N3O4. The van der Waals surface area contributed by atoms with Gasteiger partial charge in [-0.25, -0.2) is 0 Å². The van der Waals surface area contributed by atoms with E-state index >= 15 is 0 Å². The minimum absolute atomic E-state index is 0.0132. The van der Waals surface area contributed by atoms with Gasteiger partial charge in [0.1, 0.15) is 11.8 Å². The Bertz CT molecular complexity index is 982. The van der Waals surface area contributed by atoms with Gasteiger partial charge in [0.15, 0.2) is 0 Å². The van der Waals surface area contributed by atoms with Gasteiger partial charge in [0, 0.05) is 18.7 Å². The van der Waals surface area contributed by atoms with Crippen LogP contribution in [0.5, 0.6) is 5.75 Å². The highest BCUT2D eigenvalue weighted by Crippen LogP contribution is 2.20. The van der Waals surface area contributed by atoms with Crippen molar-refractivity contribution in [1.29, 1.82) is 0 Å². The summed E-state index contributed by atoms with van der Waals surface area (Å²) in [6, 6.07) is 13.0. The zero-order valence-electron chi connectivity index (χ0n) is 20.3. The molecule has 0 unspecified atom stereocenters. The molecule has 0 radical (unpaired) electrons. The lowest BCUT2D eigenvalue weighted by Crippen LogP contribution is -2.52. The van der Waals surface area contributed by atoms with E-state index in [0.29, 0.717) is 22.6 Å². The number of hydrogen-bond donors (Lipinski definition) is 2. The summed E-state index contributed by atoms with van der Waals surface area (Å²) in [6.45, 7) is 5.47. The number of carbonyl (C=O) groups is 3. The highest BCUT2D eigenvalue weighted by molar-refractivity contribution is 6.09. The Morgan fingerprint density at radius 1 is 0.941 bits per heavy atom. The maximum Gasteiger partial charge on any atom is 0.255 e. The van der Waals surface area contributed by atoms with Crippen molar-refractivity contribution in [2.45, 2.75) is 52.0 Å². The maximum atomic E-state index is 13.3. The molecule has 2 aromatic carbocycles. The predicted molar refractivity (Wildman–Crippen MR) is 133 cm³/mol. The molecule has 1 saturated heterocycles. The Balaban J connectivity index is 1.77. The zero-order chi connectivity index (χ0) is 24.5. The van der Waals surface area contributed by atoms with E-state index in [4.69, 9.17) is 4.74 Å². The van der Waals surface area contributed by atoms with E-state index in [1.807, 2.05) is 18.7 Å². The van der Waals surface area contributed by atoms with Gasteiger partial charge in [-0.15, -0.1) is 0 Å². The number of likely N-dealkylation sites (tertiary alicyclic amines) is 1. The van der Waals surface area contributed by atoms with Gasteiger partial charge in [0.25, 0.3) is 11.8 Å². The number of carbonyl (C=O) groups excluding carboxylic acids is 3. The number of para-hydroxylation sites is 1. The molecule has 1 aliphatic rings. The summed E-state index contributed by atoms with van der Waals surface area (Å²) in [6.07, 6.45) is 5.01. The highest BCUT2D eigenvalue weighted by atomic mass is 16.5. The minimum atomic E-state index is -0.610. The third-order valence-corrected chi connectivity index (χ3v) is 6.46. The summed E-state index contributed by atoms with van der Waals surface area (Å²) in [5.74, 6) is -0.0901. The average molecular weight is 466 g/mol. The fraction of sp³-hybridized carbons (Fsp3) is 0.444. The Morgan fingerprint density at radius 3 is 2.21 bits per heavy atom. The Kier molecular flexibility index (Phi) is 9.08. The SMILES string of the molecule is CC[C@@H](C)[C@@H](NC(=O)c1ccccc1NC(=O)c1ccc(OC)cc1)C(=O)N1CCCCCC1. The van der Waals surface area contributed by atoms with Crippen molar-refractivity contribution in [2.75, 3.05) is 25.5 Å². The summed E-state index contributed by atoms with van der Waals surface area (Å²) >= 11 is 0. The first-order chi connectivity index (χ1) is 16.4. The van der Waals surface area contributed by atoms with Crippen LogP contribution in [0.4, 0.5) is 5.69 Å². The topological polar surface area (TPSA) is 87.7 Å². The van der Waals surface area contributed by atoms with Crippen molar-refractivity contribution >= 4 is 23.4 Å². The third-order valence-electron chi connectivity index (χ3n) is 6.46. The van der Waals surface area contributed by atoms with E-state index in [2.05, 4.69) is 10.6 Å². The molecule has 0 bridgehead atoms. The molecule has 0 aliphatic carbocycles. The van der Waals surface area contributed by atoms with E-state index in [1.54, 1.807) is 55.6 Å². The van der Waals surface area contributed by atoms with Crippen LogP contribution >= 0.6 is 0 Å². The first-order valence-corrected chi connectivity index (χ1v) is 12.1. The first-order valence-electron chi connectivity index (χ1n) is 12.1. The molecule has 2 atom stereocenters. The van der Waals surface area contributed by atoms with Crippen LogP contribution < -0.4 is 15.4 Å². The van der Waals surface area contributed by atoms with Crippen LogP contribution in [0, 0.1) is 5.92 Å². The molecule has 3 amide bonds. The lowest BCUT2D eigenvalue weighted by Gasteiger charge is -2.30.